The average Bonchev–Trinajstić information content (AvgIpc) is 2.73. The molecule has 30 heavy (non-hydrogen) atoms. The minimum absolute atomic E-state index is 0.124. The van der Waals surface area contributed by atoms with Gasteiger partial charge in [-0.2, -0.15) is 9.41 Å². The zero-order chi connectivity index (χ0) is 21.7. The summed E-state index contributed by atoms with van der Waals surface area (Å²) in [6, 6.07) is 17.7. The van der Waals surface area contributed by atoms with Crippen LogP contribution in [-0.4, -0.2) is 45.5 Å². The van der Waals surface area contributed by atoms with Gasteiger partial charge in [-0.15, -0.1) is 0 Å². The number of nitrogens with zero attached hydrogens (tertiary/aromatic N) is 2. The van der Waals surface area contributed by atoms with Crippen molar-refractivity contribution in [1.82, 2.24) is 9.73 Å². The standard InChI is InChI=1S/C21H20BrN3O4S/c1-25(30(27,28)19-9-7-15-5-3-4-6-16(15)12-19)14-21(26)24-23-13-17-11-18(22)8-10-20(17)29-2/h3-13H,14H2,1-2H3,(H,24,26)/b23-13+. The molecule has 0 unspecified atom stereocenters. The molecular weight excluding hydrogens is 470 g/mol. The van der Waals surface area contributed by atoms with Crippen molar-refractivity contribution < 1.29 is 17.9 Å². The van der Waals surface area contributed by atoms with E-state index in [2.05, 4.69) is 26.5 Å². The molecule has 0 saturated heterocycles. The third kappa shape index (κ3) is 5.05. The summed E-state index contributed by atoms with van der Waals surface area (Å²) in [5.74, 6) is 0.0271. The SMILES string of the molecule is COc1ccc(Br)cc1/C=N/NC(=O)CN(C)S(=O)(=O)c1ccc2ccccc2c1. The Morgan fingerprint density at radius 2 is 1.87 bits per heavy atom. The Bertz CT molecular complexity index is 1210. The Labute approximate surface area is 183 Å². The van der Waals surface area contributed by atoms with Crippen molar-refractivity contribution in [1.29, 1.82) is 0 Å². The fourth-order valence-corrected chi connectivity index (χ4v) is 4.35. The predicted molar refractivity (Wildman–Crippen MR) is 120 cm³/mol. The summed E-state index contributed by atoms with van der Waals surface area (Å²) in [5, 5.41) is 5.64. The summed E-state index contributed by atoms with van der Waals surface area (Å²) >= 11 is 3.36. The number of sulfonamides is 1. The quantitative estimate of drug-likeness (QED) is 0.407. The highest BCUT2D eigenvalue weighted by molar-refractivity contribution is 9.10. The Kier molecular flexibility index (Phi) is 6.86. The van der Waals surface area contributed by atoms with Crippen LogP contribution in [0.25, 0.3) is 10.8 Å². The second kappa shape index (κ2) is 9.38. The summed E-state index contributed by atoms with van der Waals surface area (Å²) in [7, 11) is -0.939. The minimum Gasteiger partial charge on any atom is -0.496 e. The number of carbonyl (C=O) groups excluding carboxylic acids is 1. The lowest BCUT2D eigenvalue weighted by atomic mass is 10.1. The Balaban J connectivity index is 1.67. The second-order valence-electron chi connectivity index (χ2n) is 6.45. The smallest absolute Gasteiger partial charge is 0.255 e. The van der Waals surface area contributed by atoms with Gasteiger partial charge in [-0.25, -0.2) is 13.8 Å². The molecule has 0 bridgehead atoms. The Hall–Kier alpha value is -2.75. The molecule has 3 aromatic carbocycles. The van der Waals surface area contributed by atoms with Crippen LogP contribution in [0.5, 0.6) is 5.75 Å². The topological polar surface area (TPSA) is 88.1 Å². The van der Waals surface area contributed by atoms with E-state index in [4.69, 9.17) is 4.74 Å². The van der Waals surface area contributed by atoms with Crippen molar-refractivity contribution in [3.63, 3.8) is 0 Å². The van der Waals surface area contributed by atoms with Gasteiger partial charge in [-0.3, -0.25) is 4.79 Å². The monoisotopic (exact) mass is 489 g/mol. The molecule has 3 rings (SSSR count). The van der Waals surface area contributed by atoms with E-state index in [0.29, 0.717) is 11.3 Å². The maximum Gasteiger partial charge on any atom is 0.255 e. The van der Waals surface area contributed by atoms with Gasteiger partial charge in [-0.1, -0.05) is 46.3 Å². The molecule has 1 amide bonds. The van der Waals surface area contributed by atoms with Crippen LogP contribution in [-0.2, 0) is 14.8 Å². The first-order valence-corrected chi connectivity index (χ1v) is 11.1. The van der Waals surface area contributed by atoms with E-state index >= 15 is 0 Å². The molecule has 0 radical (unpaired) electrons. The van der Waals surface area contributed by atoms with Crippen LogP contribution in [0, 0.1) is 0 Å². The number of hydrogen-bond donors (Lipinski definition) is 1. The number of halogens is 1. The molecule has 156 valence electrons. The number of nitrogens with one attached hydrogen (secondary N) is 1. The van der Waals surface area contributed by atoms with Crippen molar-refractivity contribution in [3.8, 4) is 5.75 Å². The van der Waals surface area contributed by atoms with Gasteiger partial charge in [0, 0.05) is 17.1 Å². The molecule has 0 atom stereocenters. The number of benzene rings is 3. The van der Waals surface area contributed by atoms with Crippen LogP contribution in [0.3, 0.4) is 0 Å². The molecule has 3 aromatic rings. The molecule has 0 aliphatic rings. The Morgan fingerprint density at radius 1 is 1.13 bits per heavy atom. The summed E-state index contributed by atoms with van der Waals surface area (Å²) in [6.07, 6.45) is 1.43. The minimum atomic E-state index is -3.82. The number of amides is 1. The lowest BCUT2D eigenvalue weighted by molar-refractivity contribution is -0.121. The van der Waals surface area contributed by atoms with Gasteiger partial charge in [0.2, 0.25) is 10.0 Å². The van der Waals surface area contributed by atoms with Gasteiger partial charge in [-0.05, 0) is 41.1 Å². The first-order chi connectivity index (χ1) is 14.3. The van der Waals surface area contributed by atoms with E-state index in [-0.39, 0.29) is 11.4 Å². The van der Waals surface area contributed by atoms with Crippen LogP contribution in [0.2, 0.25) is 0 Å². The molecule has 0 aliphatic heterocycles. The third-order valence-corrected chi connectivity index (χ3v) is 6.67. The number of ether oxygens (including phenoxy) is 1. The molecular formula is C21H20BrN3O4S. The van der Waals surface area contributed by atoms with Gasteiger partial charge >= 0.3 is 0 Å². The summed E-state index contributed by atoms with van der Waals surface area (Å²) < 4.78 is 32.7. The third-order valence-electron chi connectivity index (χ3n) is 4.38. The van der Waals surface area contributed by atoms with E-state index in [1.54, 1.807) is 24.3 Å². The van der Waals surface area contributed by atoms with Crippen molar-refractivity contribution in [2.24, 2.45) is 5.10 Å². The molecule has 9 heteroatoms. The van der Waals surface area contributed by atoms with Gasteiger partial charge in [0.15, 0.2) is 0 Å². The van der Waals surface area contributed by atoms with Crippen molar-refractivity contribution >= 4 is 48.8 Å². The van der Waals surface area contributed by atoms with E-state index in [9.17, 15) is 13.2 Å². The van der Waals surface area contributed by atoms with E-state index in [1.807, 2.05) is 30.3 Å². The largest absolute Gasteiger partial charge is 0.496 e. The molecule has 0 heterocycles. The molecule has 0 spiro atoms. The fraction of sp³-hybridized carbons (Fsp3) is 0.143. The lowest BCUT2D eigenvalue weighted by Gasteiger charge is -2.16. The molecule has 0 aromatic heterocycles. The van der Waals surface area contributed by atoms with E-state index in [1.165, 1.54) is 26.4 Å². The highest BCUT2D eigenvalue weighted by Crippen LogP contribution is 2.22. The van der Waals surface area contributed by atoms with Gasteiger partial charge < -0.3 is 4.74 Å². The molecule has 0 saturated carbocycles. The number of carbonyl (C=O) groups is 1. The lowest BCUT2D eigenvalue weighted by Crippen LogP contribution is -2.36. The van der Waals surface area contributed by atoms with Crippen LogP contribution in [0.1, 0.15) is 5.56 Å². The number of methoxy groups -OCH3 is 1. The molecule has 7 nitrogen and oxygen atoms in total. The summed E-state index contributed by atoms with van der Waals surface area (Å²) in [5.41, 5.74) is 3.00. The number of likely N-dealkylation sites (N-methyl/N-ethyl adjacent to an activating group) is 1. The fourth-order valence-electron chi connectivity index (χ4n) is 2.81. The highest BCUT2D eigenvalue weighted by Gasteiger charge is 2.23. The van der Waals surface area contributed by atoms with Crippen molar-refractivity contribution in [2.45, 2.75) is 4.90 Å². The van der Waals surface area contributed by atoms with E-state index in [0.717, 1.165) is 19.6 Å². The predicted octanol–water partition coefficient (Wildman–Crippen LogP) is 3.38. The average molecular weight is 490 g/mol. The van der Waals surface area contributed by atoms with Gasteiger partial charge in [0.25, 0.3) is 5.91 Å². The number of hydrogen-bond acceptors (Lipinski definition) is 5. The van der Waals surface area contributed by atoms with Crippen LogP contribution >= 0.6 is 15.9 Å². The number of fused-ring (bicyclic) bond motifs is 1. The molecule has 0 fully saturated rings. The maximum atomic E-state index is 12.8. The van der Waals surface area contributed by atoms with Crippen LogP contribution < -0.4 is 10.2 Å². The Morgan fingerprint density at radius 3 is 2.60 bits per heavy atom. The maximum absolute atomic E-state index is 12.8. The number of hydrazone groups is 1. The van der Waals surface area contributed by atoms with Crippen LogP contribution in [0.15, 0.2) is 75.1 Å². The van der Waals surface area contributed by atoms with E-state index < -0.39 is 15.9 Å². The van der Waals surface area contributed by atoms with Crippen LogP contribution in [0.4, 0.5) is 0 Å². The summed E-state index contributed by atoms with van der Waals surface area (Å²) in [4.78, 5) is 12.3. The second-order valence-corrected chi connectivity index (χ2v) is 9.41. The number of rotatable bonds is 7. The highest BCUT2D eigenvalue weighted by atomic mass is 79.9. The normalized spacial score (nSPS) is 11.9. The van der Waals surface area contributed by atoms with Crippen molar-refractivity contribution in [2.75, 3.05) is 20.7 Å². The van der Waals surface area contributed by atoms with Crippen molar-refractivity contribution in [3.05, 3.63) is 70.7 Å². The molecule has 0 aliphatic carbocycles. The molecule has 1 N–H and O–H groups in total. The first-order valence-electron chi connectivity index (χ1n) is 8.92. The summed E-state index contributed by atoms with van der Waals surface area (Å²) in [6.45, 7) is -0.373. The zero-order valence-corrected chi connectivity index (χ0v) is 18.8. The van der Waals surface area contributed by atoms with Gasteiger partial charge in [0.1, 0.15) is 5.75 Å². The zero-order valence-electron chi connectivity index (χ0n) is 16.4. The van der Waals surface area contributed by atoms with Gasteiger partial charge in [0.05, 0.1) is 24.8 Å². The first kappa shape index (κ1) is 21.9.